The summed E-state index contributed by atoms with van der Waals surface area (Å²) in [7, 11) is 0. The normalized spacial score (nSPS) is 15.6. The number of fused-ring (bicyclic) bond motifs is 2. The summed E-state index contributed by atoms with van der Waals surface area (Å²) in [4.78, 5) is 4.96. The Morgan fingerprint density at radius 2 is 1.10 bits per heavy atom. The molecule has 8 rings (SSSR count). The molecule has 0 bridgehead atoms. The van der Waals surface area contributed by atoms with E-state index in [4.69, 9.17) is 0 Å². The van der Waals surface area contributed by atoms with Gasteiger partial charge in [0.05, 0.1) is 5.69 Å². The van der Waals surface area contributed by atoms with Crippen LogP contribution in [0.4, 0.5) is 28.4 Å². The highest BCUT2D eigenvalue weighted by Gasteiger charge is 2.24. The number of anilines is 5. The number of para-hydroxylation sites is 1. The predicted octanol–water partition coefficient (Wildman–Crippen LogP) is 12.9. The average molecular weight is 621 g/mol. The molecule has 0 amide bonds. The predicted molar refractivity (Wildman–Crippen MR) is 206 cm³/mol. The quantitative estimate of drug-likeness (QED) is 0.175. The number of benzene rings is 6. The second kappa shape index (κ2) is 13.3. The van der Waals surface area contributed by atoms with Crippen molar-refractivity contribution in [3.8, 4) is 11.1 Å². The summed E-state index contributed by atoms with van der Waals surface area (Å²) in [6, 6.07) is 51.4. The fourth-order valence-electron chi connectivity index (χ4n) is 7.49. The van der Waals surface area contributed by atoms with Crippen LogP contribution in [0.2, 0.25) is 0 Å². The molecule has 0 aromatic heterocycles. The topological polar surface area (TPSA) is 6.48 Å². The van der Waals surface area contributed by atoms with Gasteiger partial charge in [0.2, 0.25) is 0 Å². The first kappa shape index (κ1) is 29.8. The molecule has 2 nitrogen and oxygen atoms in total. The van der Waals surface area contributed by atoms with Crippen LogP contribution in [0.25, 0.3) is 28.0 Å². The van der Waals surface area contributed by atoms with E-state index < -0.39 is 0 Å². The zero-order valence-corrected chi connectivity index (χ0v) is 27.4. The molecule has 1 atom stereocenters. The third-order valence-electron chi connectivity index (χ3n) is 9.85. The van der Waals surface area contributed by atoms with Gasteiger partial charge in [0.1, 0.15) is 0 Å². The lowest BCUT2D eigenvalue weighted by atomic mass is 9.86. The summed E-state index contributed by atoms with van der Waals surface area (Å²) < 4.78 is 0. The van der Waals surface area contributed by atoms with Gasteiger partial charge in [0, 0.05) is 34.2 Å². The molecule has 6 aromatic rings. The molecular weight excluding hydrogens is 581 g/mol. The van der Waals surface area contributed by atoms with E-state index in [0.717, 1.165) is 24.9 Å². The Bertz CT molecular complexity index is 2100. The van der Waals surface area contributed by atoms with Crippen LogP contribution in [0.5, 0.6) is 0 Å². The van der Waals surface area contributed by atoms with E-state index in [1.165, 1.54) is 55.8 Å². The summed E-state index contributed by atoms with van der Waals surface area (Å²) in [5.74, 6) is 0.462. The summed E-state index contributed by atoms with van der Waals surface area (Å²) in [6.45, 7) is 2.34. The fraction of sp³-hybridized carbons (Fsp3) is 0.130. The minimum absolute atomic E-state index is 0.335. The molecular formula is C46H40N2. The van der Waals surface area contributed by atoms with Gasteiger partial charge in [-0.2, -0.15) is 0 Å². The molecule has 2 aliphatic carbocycles. The maximum atomic E-state index is 2.55. The third-order valence-corrected chi connectivity index (χ3v) is 9.85. The van der Waals surface area contributed by atoms with E-state index in [1.807, 2.05) is 0 Å². The van der Waals surface area contributed by atoms with Crippen LogP contribution in [-0.4, -0.2) is 6.04 Å². The zero-order chi connectivity index (χ0) is 32.3. The standard InChI is InChI=1S/C46H40N2/c1-34-14-11-17-38-18-13-25-45(46(34)38)48(40-21-7-4-8-22-40)42-32-28-36(29-33-42)35-26-30-41(31-27-35)47(39-19-5-2-3-6-20-39)44-24-12-16-37-15-9-10-23-43(37)44/h2-13,15-18,21-34,39H,14,19-20H2,1H3. The lowest BCUT2D eigenvalue weighted by molar-refractivity contribution is 0.674. The highest BCUT2D eigenvalue weighted by molar-refractivity contribution is 5.96. The number of rotatable bonds is 7. The van der Waals surface area contributed by atoms with Gasteiger partial charge in [-0.15, -0.1) is 0 Å². The number of allylic oxidation sites excluding steroid dienone is 3. The maximum absolute atomic E-state index is 2.55. The van der Waals surface area contributed by atoms with Crippen molar-refractivity contribution < 1.29 is 0 Å². The molecule has 6 aromatic carbocycles. The van der Waals surface area contributed by atoms with Crippen molar-refractivity contribution in [2.45, 2.75) is 38.1 Å². The SMILES string of the molecule is CC1CC=Cc2cccc(N(c3ccccc3)c3ccc(-c4ccc(N(c5cccc6ccccc56)C5CC=CC=CC5)cc4)cc3)c21. The summed E-state index contributed by atoms with van der Waals surface area (Å²) in [6.07, 6.45) is 16.6. The number of nitrogens with zero attached hydrogens (tertiary/aromatic N) is 2. The van der Waals surface area contributed by atoms with Crippen molar-refractivity contribution in [1.29, 1.82) is 0 Å². The van der Waals surface area contributed by atoms with Crippen LogP contribution in [0.3, 0.4) is 0 Å². The molecule has 0 spiro atoms. The van der Waals surface area contributed by atoms with Crippen molar-refractivity contribution in [2.75, 3.05) is 9.80 Å². The molecule has 0 N–H and O–H groups in total. The number of hydrogen-bond acceptors (Lipinski definition) is 2. The van der Waals surface area contributed by atoms with Crippen LogP contribution in [0.15, 0.2) is 170 Å². The molecule has 0 saturated carbocycles. The Morgan fingerprint density at radius 1 is 0.500 bits per heavy atom. The van der Waals surface area contributed by atoms with Crippen molar-refractivity contribution in [1.82, 2.24) is 0 Å². The Labute approximate surface area is 284 Å². The van der Waals surface area contributed by atoms with E-state index in [0.29, 0.717) is 12.0 Å². The monoisotopic (exact) mass is 620 g/mol. The Kier molecular flexibility index (Phi) is 8.22. The molecule has 0 heterocycles. The molecule has 0 radical (unpaired) electrons. The van der Waals surface area contributed by atoms with Gasteiger partial charge >= 0.3 is 0 Å². The van der Waals surface area contributed by atoms with E-state index in [2.05, 4.69) is 193 Å². The van der Waals surface area contributed by atoms with Gasteiger partial charge < -0.3 is 9.80 Å². The molecule has 0 saturated heterocycles. The minimum Gasteiger partial charge on any atom is -0.337 e. The first-order chi connectivity index (χ1) is 23.7. The van der Waals surface area contributed by atoms with Gasteiger partial charge in [-0.3, -0.25) is 0 Å². The van der Waals surface area contributed by atoms with Crippen LogP contribution in [-0.2, 0) is 0 Å². The Morgan fingerprint density at radius 3 is 1.85 bits per heavy atom. The van der Waals surface area contributed by atoms with Gasteiger partial charge in [-0.05, 0) is 101 Å². The lowest BCUT2D eigenvalue weighted by Gasteiger charge is -2.34. The van der Waals surface area contributed by atoms with Gasteiger partial charge in [-0.25, -0.2) is 0 Å². The lowest BCUT2D eigenvalue weighted by Crippen LogP contribution is -2.30. The molecule has 1 unspecified atom stereocenters. The fourth-order valence-corrected chi connectivity index (χ4v) is 7.49. The van der Waals surface area contributed by atoms with Crippen LogP contribution in [0, 0.1) is 0 Å². The van der Waals surface area contributed by atoms with E-state index in [-0.39, 0.29) is 0 Å². The highest BCUT2D eigenvalue weighted by atomic mass is 15.2. The second-order valence-electron chi connectivity index (χ2n) is 12.9. The van der Waals surface area contributed by atoms with Gasteiger partial charge in [-0.1, -0.05) is 134 Å². The van der Waals surface area contributed by atoms with Crippen molar-refractivity contribution >= 4 is 45.3 Å². The van der Waals surface area contributed by atoms with E-state index in [1.54, 1.807) is 0 Å². The maximum Gasteiger partial charge on any atom is 0.0502 e. The molecule has 2 heteroatoms. The molecule has 0 fully saturated rings. The first-order valence-corrected chi connectivity index (χ1v) is 17.2. The van der Waals surface area contributed by atoms with Crippen molar-refractivity contribution in [3.63, 3.8) is 0 Å². The van der Waals surface area contributed by atoms with Gasteiger partial charge in [0.25, 0.3) is 0 Å². The van der Waals surface area contributed by atoms with Crippen LogP contribution < -0.4 is 9.80 Å². The highest BCUT2D eigenvalue weighted by Crippen LogP contribution is 2.44. The Hall–Kier alpha value is -5.60. The molecule has 48 heavy (non-hydrogen) atoms. The average Bonchev–Trinajstić information content (AvgIpc) is 3.43. The summed E-state index contributed by atoms with van der Waals surface area (Å²) in [5, 5.41) is 2.55. The van der Waals surface area contributed by atoms with Crippen molar-refractivity contribution in [3.05, 3.63) is 181 Å². The summed E-state index contributed by atoms with van der Waals surface area (Å²) >= 11 is 0. The smallest absolute Gasteiger partial charge is 0.0502 e. The minimum atomic E-state index is 0.335. The number of hydrogen-bond donors (Lipinski definition) is 0. The van der Waals surface area contributed by atoms with E-state index >= 15 is 0 Å². The largest absolute Gasteiger partial charge is 0.337 e. The summed E-state index contributed by atoms with van der Waals surface area (Å²) in [5.41, 5.74) is 11.2. The van der Waals surface area contributed by atoms with Crippen LogP contribution in [0.1, 0.15) is 43.2 Å². The Balaban J connectivity index is 1.14. The van der Waals surface area contributed by atoms with Crippen LogP contribution >= 0.6 is 0 Å². The first-order valence-electron chi connectivity index (χ1n) is 17.2. The molecule has 234 valence electrons. The second-order valence-corrected chi connectivity index (χ2v) is 12.9. The van der Waals surface area contributed by atoms with Gasteiger partial charge in [0.15, 0.2) is 0 Å². The molecule has 2 aliphatic rings. The zero-order valence-electron chi connectivity index (χ0n) is 27.4. The molecule has 0 aliphatic heterocycles. The van der Waals surface area contributed by atoms with Crippen molar-refractivity contribution in [2.24, 2.45) is 0 Å². The third kappa shape index (κ3) is 5.75. The van der Waals surface area contributed by atoms with E-state index in [9.17, 15) is 0 Å².